The van der Waals surface area contributed by atoms with Crippen LogP contribution in [0.1, 0.15) is 24.8 Å². The fourth-order valence-corrected chi connectivity index (χ4v) is 4.12. The van der Waals surface area contributed by atoms with E-state index in [1.807, 2.05) is 17.0 Å². The van der Waals surface area contributed by atoms with Gasteiger partial charge in [0.2, 0.25) is 5.91 Å². The standard InChI is InChI=1S/C24H26FN3O3/c1-31-20-7-4-17(5-8-20)2-3-18-10-12-27(13-11-18)23(29)15-28-16-26-22-9-6-19(25)14-21(22)24(28)30/h4-9,14,16,18H,2-3,10-13,15H2,1H3. The molecule has 0 bridgehead atoms. The molecule has 2 aromatic carbocycles. The molecule has 0 atom stereocenters. The van der Waals surface area contributed by atoms with Crippen LogP contribution in [0.2, 0.25) is 0 Å². The Bertz CT molecular complexity index is 1120. The summed E-state index contributed by atoms with van der Waals surface area (Å²) in [7, 11) is 1.66. The highest BCUT2D eigenvalue weighted by molar-refractivity contribution is 5.79. The van der Waals surface area contributed by atoms with Gasteiger partial charge in [-0.1, -0.05) is 12.1 Å². The Morgan fingerprint density at radius 3 is 2.61 bits per heavy atom. The smallest absolute Gasteiger partial charge is 0.261 e. The van der Waals surface area contributed by atoms with E-state index in [9.17, 15) is 14.0 Å². The second-order valence-corrected chi connectivity index (χ2v) is 8.05. The van der Waals surface area contributed by atoms with Crippen molar-refractivity contribution in [2.75, 3.05) is 20.2 Å². The molecule has 0 N–H and O–H groups in total. The average molecular weight is 423 g/mol. The van der Waals surface area contributed by atoms with Gasteiger partial charge in [-0.15, -0.1) is 0 Å². The Kier molecular flexibility index (Phi) is 6.30. The quantitative estimate of drug-likeness (QED) is 0.610. The maximum atomic E-state index is 13.5. The molecule has 162 valence electrons. The Labute approximate surface area is 180 Å². The zero-order valence-electron chi connectivity index (χ0n) is 17.6. The summed E-state index contributed by atoms with van der Waals surface area (Å²) in [6, 6.07) is 12.1. The molecule has 3 aromatic rings. The molecule has 0 aliphatic carbocycles. The number of benzene rings is 2. The van der Waals surface area contributed by atoms with E-state index in [1.54, 1.807) is 7.11 Å². The summed E-state index contributed by atoms with van der Waals surface area (Å²) < 4.78 is 19.9. The summed E-state index contributed by atoms with van der Waals surface area (Å²) >= 11 is 0. The minimum absolute atomic E-state index is 0.0746. The van der Waals surface area contributed by atoms with Gasteiger partial charge in [0.05, 0.1) is 24.3 Å². The first-order valence-corrected chi connectivity index (χ1v) is 10.6. The van der Waals surface area contributed by atoms with E-state index >= 15 is 0 Å². The predicted molar refractivity (Wildman–Crippen MR) is 117 cm³/mol. The van der Waals surface area contributed by atoms with E-state index in [0.717, 1.165) is 31.4 Å². The molecular formula is C24H26FN3O3. The molecule has 1 fully saturated rings. The first kappa shape index (κ1) is 21.0. The molecule has 7 heteroatoms. The number of aromatic nitrogens is 2. The fraction of sp³-hybridized carbons (Fsp3) is 0.375. The van der Waals surface area contributed by atoms with Crippen LogP contribution in [-0.2, 0) is 17.8 Å². The third-order valence-electron chi connectivity index (χ3n) is 6.06. The number of nitrogens with zero attached hydrogens (tertiary/aromatic N) is 3. The van der Waals surface area contributed by atoms with Gasteiger partial charge in [-0.3, -0.25) is 14.2 Å². The maximum Gasteiger partial charge on any atom is 0.261 e. The molecule has 0 radical (unpaired) electrons. The molecule has 0 saturated carbocycles. The van der Waals surface area contributed by atoms with Crippen LogP contribution in [0, 0.1) is 11.7 Å². The number of likely N-dealkylation sites (tertiary alicyclic amines) is 1. The molecule has 4 rings (SSSR count). The number of fused-ring (bicyclic) bond motifs is 1. The van der Waals surface area contributed by atoms with Crippen molar-refractivity contribution in [3.8, 4) is 5.75 Å². The molecule has 2 heterocycles. The molecule has 1 saturated heterocycles. The highest BCUT2D eigenvalue weighted by Crippen LogP contribution is 2.23. The summed E-state index contributed by atoms with van der Waals surface area (Å²) in [5, 5.41) is 0.188. The molecule has 6 nitrogen and oxygen atoms in total. The maximum absolute atomic E-state index is 13.5. The Morgan fingerprint density at radius 1 is 1.16 bits per heavy atom. The number of halogens is 1. The van der Waals surface area contributed by atoms with E-state index in [4.69, 9.17) is 4.74 Å². The molecule has 31 heavy (non-hydrogen) atoms. The van der Waals surface area contributed by atoms with Gasteiger partial charge in [0.25, 0.3) is 5.56 Å². The minimum Gasteiger partial charge on any atom is -0.497 e. The first-order chi connectivity index (χ1) is 15.0. The largest absolute Gasteiger partial charge is 0.497 e. The summed E-state index contributed by atoms with van der Waals surface area (Å²) in [5.74, 6) is 0.848. The van der Waals surface area contributed by atoms with E-state index < -0.39 is 11.4 Å². The number of hydrogen-bond donors (Lipinski definition) is 0. The van der Waals surface area contributed by atoms with Gasteiger partial charge in [-0.05, 0) is 67.5 Å². The van der Waals surface area contributed by atoms with E-state index in [-0.39, 0.29) is 17.8 Å². The van der Waals surface area contributed by atoms with Gasteiger partial charge in [0.15, 0.2) is 0 Å². The molecule has 0 spiro atoms. The number of piperidine rings is 1. The lowest BCUT2D eigenvalue weighted by Crippen LogP contribution is -2.41. The van der Waals surface area contributed by atoms with Gasteiger partial charge in [-0.25, -0.2) is 9.37 Å². The Balaban J connectivity index is 1.30. The number of rotatable bonds is 6. The number of carbonyl (C=O) groups excluding carboxylic acids is 1. The number of aryl methyl sites for hydroxylation is 1. The summed E-state index contributed by atoms with van der Waals surface area (Å²) in [6.07, 6.45) is 5.38. The number of carbonyl (C=O) groups is 1. The molecular weight excluding hydrogens is 397 g/mol. The highest BCUT2D eigenvalue weighted by Gasteiger charge is 2.23. The summed E-state index contributed by atoms with van der Waals surface area (Å²) in [4.78, 5) is 31.3. The number of amides is 1. The van der Waals surface area contributed by atoms with Crippen molar-refractivity contribution in [1.29, 1.82) is 0 Å². The van der Waals surface area contributed by atoms with Crippen LogP contribution >= 0.6 is 0 Å². The first-order valence-electron chi connectivity index (χ1n) is 10.6. The van der Waals surface area contributed by atoms with Crippen LogP contribution in [0.25, 0.3) is 10.9 Å². The zero-order chi connectivity index (χ0) is 21.8. The summed E-state index contributed by atoms with van der Waals surface area (Å²) in [5.41, 5.74) is 1.32. The van der Waals surface area contributed by atoms with Gasteiger partial charge in [-0.2, -0.15) is 0 Å². The molecule has 1 aliphatic rings. The third kappa shape index (κ3) is 4.93. The van der Waals surface area contributed by atoms with Crippen LogP contribution in [-0.4, -0.2) is 40.6 Å². The van der Waals surface area contributed by atoms with E-state index in [1.165, 1.54) is 34.7 Å². The second kappa shape index (κ2) is 9.29. The van der Waals surface area contributed by atoms with E-state index in [0.29, 0.717) is 24.5 Å². The van der Waals surface area contributed by atoms with Crippen LogP contribution in [0.4, 0.5) is 4.39 Å². The average Bonchev–Trinajstić information content (AvgIpc) is 2.80. The lowest BCUT2D eigenvalue weighted by atomic mass is 9.90. The number of methoxy groups -OCH3 is 1. The molecule has 1 amide bonds. The third-order valence-corrected chi connectivity index (χ3v) is 6.06. The minimum atomic E-state index is -0.493. The van der Waals surface area contributed by atoms with Gasteiger partial charge in [0, 0.05) is 13.1 Å². The molecule has 1 aromatic heterocycles. The normalized spacial score (nSPS) is 14.7. The summed E-state index contributed by atoms with van der Waals surface area (Å²) in [6.45, 7) is 1.31. The van der Waals surface area contributed by atoms with Gasteiger partial charge < -0.3 is 9.64 Å². The SMILES string of the molecule is COc1ccc(CCC2CCN(C(=O)Cn3cnc4ccc(F)cc4c3=O)CC2)cc1. The van der Waals surface area contributed by atoms with Crippen molar-refractivity contribution in [3.05, 3.63) is 70.5 Å². The lowest BCUT2D eigenvalue weighted by Gasteiger charge is -2.32. The van der Waals surface area contributed by atoms with Crippen molar-refractivity contribution in [2.45, 2.75) is 32.2 Å². The van der Waals surface area contributed by atoms with Crippen molar-refractivity contribution in [3.63, 3.8) is 0 Å². The number of ether oxygens (including phenoxy) is 1. The van der Waals surface area contributed by atoms with Crippen LogP contribution in [0.3, 0.4) is 0 Å². The number of hydrogen-bond acceptors (Lipinski definition) is 4. The van der Waals surface area contributed by atoms with Gasteiger partial charge >= 0.3 is 0 Å². The van der Waals surface area contributed by atoms with E-state index in [2.05, 4.69) is 17.1 Å². The lowest BCUT2D eigenvalue weighted by molar-refractivity contribution is -0.133. The Hall–Kier alpha value is -3.22. The van der Waals surface area contributed by atoms with Crippen molar-refractivity contribution < 1.29 is 13.9 Å². The van der Waals surface area contributed by atoms with Crippen molar-refractivity contribution >= 4 is 16.8 Å². The van der Waals surface area contributed by atoms with Crippen LogP contribution < -0.4 is 10.3 Å². The molecule has 1 aliphatic heterocycles. The van der Waals surface area contributed by atoms with Gasteiger partial charge in [0.1, 0.15) is 18.1 Å². The molecule has 0 unspecified atom stereocenters. The Morgan fingerprint density at radius 2 is 1.90 bits per heavy atom. The van der Waals surface area contributed by atoms with Crippen LogP contribution in [0.15, 0.2) is 53.6 Å². The highest BCUT2D eigenvalue weighted by atomic mass is 19.1. The second-order valence-electron chi connectivity index (χ2n) is 8.05. The topological polar surface area (TPSA) is 64.4 Å². The van der Waals surface area contributed by atoms with Crippen LogP contribution in [0.5, 0.6) is 5.75 Å². The predicted octanol–water partition coefficient (Wildman–Crippen LogP) is 3.42. The van der Waals surface area contributed by atoms with Crippen molar-refractivity contribution in [2.24, 2.45) is 5.92 Å². The fourth-order valence-electron chi connectivity index (χ4n) is 4.12. The monoisotopic (exact) mass is 423 g/mol. The zero-order valence-corrected chi connectivity index (χ0v) is 17.6. The van der Waals surface area contributed by atoms with Crippen molar-refractivity contribution in [1.82, 2.24) is 14.5 Å².